The first-order chi connectivity index (χ1) is 9.56. The number of hydrogen-bond acceptors (Lipinski definition) is 5. The minimum atomic E-state index is -0.549. The second-order valence-electron chi connectivity index (χ2n) is 4.59. The number of non-ortho nitro benzene ring substituents is 1. The van der Waals surface area contributed by atoms with Gasteiger partial charge in [0.15, 0.2) is 6.61 Å². The van der Waals surface area contributed by atoms with Gasteiger partial charge >= 0.3 is 5.97 Å². The lowest BCUT2D eigenvalue weighted by molar-refractivity contribution is -0.384. The molecule has 106 valence electrons. The van der Waals surface area contributed by atoms with Crippen LogP contribution in [0.2, 0.25) is 0 Å². The van der Waals surface area contributed by atoms with E-state index in [1.54, 1.807) is 0 Å². The van der Waals surface area contributed by atoms with E-state index in [2.05, 4.69) is 5.32 Å². The number of rotatable bonds is 5. The number of amides is 1. The van der Waals surface area contributed by atoms with E-state index in [9.17, 15) is 19.7 Å². The van der Waals surface area contributed by atoms with Crippen LogP contribution in [0.15, 0.2) is 24.3 Å². The van der Waals surface area contributed by atoms with Crippen LogP contribution in [0.3, 0.4) is 0 Å². The molecule has 0 bridgehead atoms. The number of carbonyl (C=O) groups excluding carboxylic acids is 2. The predicted octanol–water partition coefficient (Wildman–Crippen LogP) is 1.88. The quantitative estimate of drug-likeness (QED) is 0.503. The molecule has 1 N–H and O–H groups in total. The first-order valence-electron chi connectivity index (χ1n) is 6.27. The van der Waals surface area contributed by atoms with Gasteiger partial charge in [0.25, 0.3) is 11.6 Å². The van der Waals surface area contributed by atoms with E-state index in [1.165, 1.54) is 24.3 Å². The molecule has 0 heterocycles. The molecule has 20 heavy (non-hydrogen) atoms. The highest BCUT2D eigenvalue weighted by Gasteiger charge is 2.27. The van der Waals surface area contributed by atoms with E-state index in [4.69, 9.17) is 4.74 Å². The Kier molecular flexibility index (Phi) is 4.29. The average Bonchev–Trinajstić information content (AvgIpc) is 2.34. The summed E-state index contributed by atoms with van der Waals surface area (Å²) in [5, 5.41) is 13.0. The maximum Gasteiger partial charge on any atom is 0.309 e. The van der Waals surface area contributed by atoms with Gasteiger partial charge in [-0.15, -0.1) is 0 Å². The number of anilines is 1. The van der Waals surface area contributed by atoms with Crippen molar-refractivity contribution in [2.75, 3.05) is 11.9 Å². The normalized spacial score (nSPS) is 14.2. The van der Waals surface area contributed by atoms with Gasteiger partial charge in [-0.2, -0.15) is 0 Å². The highest BCUT2D eigenvalue weighted by molar-refractivity contribution is 5.93. The molecule has 1 amide bonds. The fraction of sp³-hybridized carbons (Fsp3) is 0.385. The van der Waals surface area contributed by atoms with Crippen molar-refractivity contribution in [2.45, 2.75) is 19.3 Å². The van der Waals surface area contributed by atoms with Gasteiger partial charge in [-0.3, -0.25) is 19.7 Å². The molecule has 1 aromatic carbocycles. The van der Waals surface area contributed by atoms with E-state index in [1.807, 2.05) is 0 Å². The molecule has 7 heteroatoms. The van der Waals surface area contributed by atoms with Crippen LogP contribution in [0.1, 0.15) is 19.3 Å². The second kappa shape index (κ2) is 6.14. The van der Waals surface area contributed by atoms with Crippen molar-refractivity contribution in [3.63, 3.8) is 0 Å². The minimum Gasteiger partial charge on any atom is -0.455 e. The molecule has 0 radical (unpaired) electrons. The van der Waals surface area contributed by atoms with Gasteiger partial charge in [0.05, 0.1) is 10.8 Å². The third-order valence-corrected chi connectivity index (χ3v) is 3.12. The predicted molar refractivity (Wildman–Crippen MR) is 70.0 cm³/mol. The van der Waals surface area contributed by atoms with E-state index in [0.29, 0.717) is 5.69 Å². The largest absolute Gasteiger partial charge is 0.455 e. The Morgan fingerprint density at radius 1 is 1.40 bits per heavy atom. The number of carbonyl (C=O) groups is 2. The molecule has 1 fully saturated rings. The molecule has 2 rings (SSSR count). The summed E-state index contributed by atoms with van der Waals surface area (Å²) in [4.78, 5) is 33.0. The Morgan fingerprint density at radius 3 is 2.75 bits per heavy atom. The number of nitro groups is 1. The molecule has 1 aliphatic carbocycles. The maximum absolute atomic E-state index is 11.6. The molecule has 0 spiro atoms. The van der Waals surface area contributed by atoms with Gasteiger partial charge in [0, 0.05) is 17.8 Å². The van der Waals surface area contributed by atoms with Gasteiger partial charge < -0.3 is 10.1 Å². The van der Waals surface area contributed by atoms with Crippen LogP contribution in [-0.2, 0) is 14.3 Å². The van der Waals surface area contributed by atoms with Gasteiger partial charge in [0.1, 0.15) is 0 Å². The smallest absolute Gasteiger partial charge is 0.309 e. The third-order valence-electron chi connectivity index (χ3n) is 3.12. The fourth-order valence-corrected chi connectivity index (χ4v) is 1.79. The van der Waals surface area contributed by atoms with Crippen molar-refractivity contribution in [1.29, 1.82) is 0 Å². The van der Waals surface area contributed by atoms with Gasteiger partial charge in [-0.05, 0) is 18.9 Å². The zero-order valence-corrected chi connectivity index (χ0v) is 10.7. The topological polar surface area (TPSA) is 98.5 Å². The van der Waals surface area contributed by atoms with Crippen LogP contribution in [0.25, 0.3) is 0 Å². The molecule has 7 nitrogen and oxygen atoms in total. The van der Waals surface area contributed by atoms with E-state index in [-0.39, 0.29) is 24.2 Å². The number of esters is 1. The first kappa shape index (κ1) is 14.0. The van der Waals surface area contributed by atoms with Gasteiger partial charge in [-0.1, -0.05) is 12.5 Å². The molecule has 1 saturated carbocycles. The lowest BCUT2D eigenvalue weighted by Gasteiger charge is -2.22. The summed E-state index contributed by atoms with van der Waals surface area (Å²) in [7, 11) is 0. The van der Waals surface area contributed by atoms with Crippen molar-refractivity contribution >= 4 is 23.3 Å². The highest BCUT2D eigenvalue weighted by Crippen LogP contribution is 2.27. The Morgan fingerprint density at radius 2 is 2.15 bits per heavy atom. The zero-order chi connectivity index (χ0) is 14.5. The van der Waals surface area contributed by atoms with Crippen LogP contribution in [-0.4, -0.2) is 23.4 Å². The Bertz CT molecular complexity index is 539. The number of benzene rings is 1. The summed E-state index contributed by atoms with van der Waals surface area (Å²) in [5.41, 5.74) is 0.179. The first-order valence-corrected chi connectivity index (χ1v) is 6.27. The summed E-state index contributed by atoms with van der Waals surface area (Å²) < 4.78 is 4.87. The van der Waals surface area contributed by atoms with Crippen LogP contribution >= 0.6 is 0 Å². The standard InChI is InChI=1S/C13H14N2O5/c16-12(8-20-13(17)9-3-1-4-9)14-10-5-2-6-11(7-10)15(18)19/h2,5-7,9H,1,3-4,8H2,(H,14,16). The lowest BCUT2D eigenvalue weighted by atomic mass is 9.86. The minimum absolute atomic E-state index is 0.0828. The Hall–Kier alpha value is -2.44. The molecule has 1 aliphatic rings. The third kappa shape index (κ3) is 3.53. The van der Waals surface area contributed by atoms with Crippen LogP contribution in [0, 0.1) is 16.0 Å². The SMILES string of the molecule is O=C(COC(=O)C1CCC1)Nc1cccc([N+](=O)[O-])c1. The van der Waals surface area contributed by atoms with E-state index >= 15 is 0 Å². The van der Waals surface area contributed by atoms with Crippen molar-refractivity contribution in [3.8, 4) is 0 Å². The summed E-state index contributed by atoms with van der Waals surface area (Å²) in [6.45, 7) is -0.377. The van der Waals surface area contributed by atoms with Crippen LogP contribution in [0.5, 0.6) is 0 Å². The monoisotopic (exact) mass is 278 g/mol. The molecular formula is C13H14N2O5. The molecule has 0 aliphatic heterocycles. The van der Waals surface area contributed by atoms with Crippen molar-refractivity contribution in [2.24, 2.45) is 5.92 Å². The Labute approximate surface area is 115 Å². The van der Waals surface area contributed by atoms with E-state index in [0.717, 1.165) is 19.3 Å². The maximum atomic E-state index is 11.6. The molecule has 0 atom stereocenters. The van der Waals surface area contributed by atoms with Gasteiger partial charge in [0.2, 0.25) is 0 Å². The molecule has 1 aromatic rings. The lowest BCUT2D eigenvalue weighted by Crippen LogP contribution is -2.28. The Balaban J connectivity index is 1.83. The fourth-order valence-electron chi connectivity index (χ4n) is 1.79. The van der Waals surface area contributed by atoms with Crippen LogP contribution < -0.4 is 5.32 Å². The second-order valence-corrected chi connectivity index (χ2v) is 4.59. The average molecular weight is 278 g/mol. The van der Waals surface area contributed by atoms with E-state index < -0.39 is 10.8 Å². The van der Waals surface area contributed by atoms with Crippen LogP contribution in [0.4, 0.5) is 11.4 Å². The highest BCUT2D eigenvalue weighted by atomic mass is 16.6. The molecule has 0 unspecified atom stereocenters. The molecule has 0 aromatic heterocycles. The number of hydrogen-bond donors (Lipinski definition) is 1. The van der Waals surface area contributed by atoms with Crippen molar-refractivity contribution in [3.05, 3.63) is 34.4 Å². The number of nitrogens with zero attached hydrogens (tertiary/aromatic N) is 1. The number of ether oxygens (including phenoxy) is 1. The molecule has 0 saturated heterocycles. The summed E-state index contributed by atoms with van der Waals surface area (Å²) in [5.74, 6) is -0.954. The zero-order valence-electron chi connectivity index (χ0n) is 10.7. The van der Waals surface area contributed by atoms with Gasteiger partial charge in [-0.25, -0.2) is 0 Å². The summed E-state index contributed by atoms with van der Waals surface area (Å²) in [6.07, 6.45) is 2.64. The summed E-state index contributed by atoms with van der Waals surface area (Å²) in [6, 6.07) is 5.56. The number of nitrogens with one attached hydrogen (secondary N) is 1. The number of nitro benzene ring substituents is 1. The van der Waals surface area contributed by atoms with Crippen molar-refractivity contribution in [1.82, 2.24) is 0 Å². The van der Waals surface area contributed by atoms with Crippen molar-refractivity contribution < 1.29 is 19.2 Å². The molecular weight excluding hydrogens is 264 g/mol. The summed E-state index contributed by atoms with van der Waals surface area (Å²) >= 11 is 0.